The SMILES string of the molecule is C[C@H](Sc1oc(-c2ccco2)nc1S(=O)(=O)c1ccccc1)c1ccccc1. The molecule has 4 rings (SSSR count). The second-order valence-electron chi connectivity index (χ2n) is 6.08. The fourth-order valence-electron chi connectivity index (χ4n) is 2.71. The fourth-order valence-corrected chi connectivity index (χ4v) is 5.27. The van der Waals surface area contributed by atoms with E-state index in [-0.39, 0.29) is 26.2 Å². The predicted octanol–water partition coefficient (Wildman–Crippen LogP) is 5.62. The molecule has 0 fully saturated rings. The predicted molar refractivity (Wildman–Crippen MR) is 107 cm³/mol. The number of oxazole rings is 1. The summed E-state index contributed by atoms with van der Waals surface area (Å²) in [6, 6.07) is 21.4. The van der Waals surface area contributed by atoms with Crippen molar-refractivity contribution in [2.75, 3.05) is 0 Å². The molecule has 142 valence electrons. The lowest BCUT2D eigenvalue weighted by atomic mass is 10.2. The van der Waals surface area contributed by atoms with Crippen LogP contribution in [0.15, 0.2) is 103 Å². The normalized spacial score (nSPS) is 12.8. The summed E-state index contributed by atoms with van der Waals surface area (Å²) in [6.45, 7) is 1.99. The molecule has 1 atom stereocenters. The Labute approximate surface area is 167 Å². The van der Waals surface area contributed by atoms with Crippen molar-refractivity contribution in [2.24, 2.45) is 0 Å². The summed E-state index contributed by atoms with van der Waals surface area (Å²) in [5, 5.41) is 0.118. The molecule has 2 heterocycles. The van der Waals surface area contributed by atoms with E-state index in [0.717, 1.165) is 5.56 Å². The van der Waals surface area contributed by atoms with E-state index >= 15 is 0 Å². The molecule has 0 radical (unpaired) electrons. The minimum Gasteiger partial charge on any atom is -0.459 e. The first-order valence-corrected chi connectivity index (χ1v) is 11.0. The van der Waals surface area contributed by atoms with E-state index in [1.165, 1.54) is 18.0 Å². The van der Waals surface area contributed by atoms with Crippen molar-refractivity contribution < 1.29 is 17.3 Å². The minimum atomic E-state index is -3.84. The molecular weight excluding hydrogens is 394 g/mol. The van der Waals surface area contributed by atoms with Crippen LogP contribution in [0.5, 0.6) is 0 Å². The highest BCUT2D eigenvalue weighted by Crippen LogP contribution is 2.41. The number of benzene rings is 2. The van der Waals surface area contributed by atoms with Gasteiger partial charge in [-0.2, -0.15) is 4.98 Å². The zero-order valence-electron chi connectivity index (χ0n) is 15.0. The summed E-state index contributed by atoms with van der Waals surface area (Å²) in [7, 11) is -3.84. The van der Waals surface area contributed by atoms with Gasteiger partial charge in [0, 0.05) is 5.25 Å². The number of rotatable bonds is 6. The molecule has 0 aliphatic carbocycles. The topological polar surface area (TPSA) is 73.3 Å². The van der Waals surface area contributed by atoms with Crippen molar-refractivity contribution in [3.05, 3.63) is 84.6 Å². The van der Waals surface area contributed by atoms with Gasteiger partial charge in [-0.25, -0.2) is 8.42 Å². The second kappa shape index (κ2) is 7.69. The van der Waals surface area contributed by atoms with E-state index in [4.69, 9.17) is 8.83 Å². The molecule has 0 spiro atoms. The molecule has 0 saturated heterocycles. The van der Waals surface area contributed by atoms with Crippen molar-refractivity contribution in [1.29, 1.82) is 0 Å². The lowest BCUT2D eigenvalue weighted by molar-refractivity contribution is 0.450. The average Bonchev–Trinajstić information content (AvgIpc) is 3.39. The zero-order valence-corrected chi connectivity index (χ0v) is 16.6. The largest absolute Gasteiger partial charge is 0.459 e. The highest BCUT2D eigenvalue weighted by Gasteiger charge is 2.30. The third-order valence-corrected chi connectivity index (χ3v) is 7.08. The van der Waals surface area contributed by atoms with Crippen LogP contribution in [-0.2, 0) is 9.84 Å². The molecule has 7 heteroatoms. The molecular formula is C21H17NO4S2. The number of thioether (sulfide) groups is 1. The molecule has 28 heavy (non-hydrogen) atoms. The van der Waals surface area contributed by atoms with Crippen LogP contribution in [0.25, 0.3) is 11.7 Å². The first-order chi connectivity index (χ1) is 13.6. The van der Waals surface area contributed by atoms with Crippen molar-refractivity contribution in [2.45, 2.75) is 27.2 Å². The molecule has 0 amide bonds. The number of sulfone groups is 1. The van der Waals surface area contributed by atoms with Gasteiger partial charge in [0.2, 0.25) is 20.0 Å². The molecule has 0 N–H and O–H groups in total. The third kappa shape index (κ3) is 3.63. The molecule has 2 aromatic carbocycles. The smallest absolute Gasteiger partial charge is 0.265 e. The third-order valence-electron chi connectivity index (χ3n) is 4.16. The maximum absolute atomic E-state index is 13.2. The van der Waals surface area contributed by atoms with E-state index in [1.807, 2.05) is 37.3 Å². The Bertz CT molecular complexity index is 1150. The van der Waals surface area contributed by atoms with Gasteiger partial charge in [0.05, 0.1) is 11.2 Å². The number of aromatic nitrogens is 1. The lowest BCUT2D eigenvalue weighted by Crippen LogP contribution is -2.04. The van der Waals surface area contributed by atoms with Gasteiger partial charge in [-0.3, -0.25) is 0 Å². The highest BCUT2D eigenvalue weighted by atomic mass is 32.2. The molecule has 5 nitrogen and oxygen atoms in total. The standard InChI is InChI=1S/C21H17NO4S2/c1-15(16-9-4-2-5-10-16)27-21-20(22-19(26-21)18-13-8-14-25-18)28(23,24)17-11-6-3-7-12-17/h2-15H,1H3/t15-/m0/s1. The Morgan fingerprint density at radius 1 is 0.929 bits per heavy atom. The van der Waals surface area contributed by atoms with Crippen molar-refractivity contribution in [1.82, 2.24) is 4.98 Å². The second-order valence-corrected chi connectivity index (χ2v) is 9.25. The summed E-state index contributed by atoms with van der Waals surface area (Å²) in [4.78, 5) is 4.45. The first-order valence-electron chi connectivity index (χ1n) is 8.62. The van der Waals surface area contributed by atoms with Gasteiger partial charge in [0.15, 0.2) is 5.76 Å². The fraction of sp³-hybridized carbons (Fsp3) is 0.0952. The van der Waals surface area contributed by atoms with E-state index in [2.05, 4.69) is 4.98 Å². The van der Waals surface area contributed by atoms with Gasteiger partial charge < -0.3 is 8.83 Å². The minimum absolute atomic E-state index is 0.0247. The molecule has 0 unspecified atom stereocenters. The van der Waals surface area contributed by atoms with Crippen molar-refractivity contribution in [3.8, 4) is 11.7 Å². The molecule has 0 bridgehead atoms. The van der Waals surface area contributed by atoms with Crippen molar-refractivity contribution >= 4 is 21.6 Å². The summed E-state index contributed by atoms with van der Waals surface area (Å²) in [5.41, 5.74) is 1.06. The Morgan fingerprint density at radius 3 is 2.25 bits per heavy atom. The highest BCUT2D eigenvalue weighted by molar-refractivity contribution is 8.00. The molecule has 0 aliphatic heterocycles. The Morgan fingerprint density at radius 2 is 1.61 bits per heavy atom. The van der Waals surface area contributed by atoms with Crippen molar-refractivity contribution in [3.63, 3.8) is 0 Å². The van der Waals surface area contributed by atoms with Crippen LogP contribution in [0, 0.1) is 0 Å². The van der Waals surface area contributed by atoms with E-state index in [9.17, 15) is 8.42 Å². The number of furan rings is 1. The number of hydrogen-bond acceptors (Lipinski definition) is 6. The van der Waals surface area contributed by atoms with Crippen LogP contribution < -0.4 is 0 Å². The summed E-state index contributed by atoms with van der Waals surface area (Å²) in [6.07, 6.45) is 1.49. The van der Waals surface area contributed by atoms with Gasteiger partial charge in [-0.15, -0.1) is 0 Å². The van der Waals surface area contributed by atoms with E-state index in [1.54, 1.807) is 42.5 Å². The monoisotopic (exact) mass is 411 g/mol. The molecule has 0 saturated carbocycles. The van der Waals surface area contributed by atoms with E-state index < -0.39 is 9.84 Å². The van der Waals surface area contributed by atoms with Crippen LogP contribution in [-0.4, -0.2) is 13.4 Å². The van der Waals surface area contributed by atoms with Crippen LogP contribution >= 0.6 is 11.8 Å². The molecule has 4 aromatic rings. The van der Waals surface area contributed by atoms with E-state index in [0.29, 0.717) is 5.76 Å². The maximum Gasteiger partial charge on any atom is 0.265 e. The lowest BCUT2D eigenvalue weighted by Gasteiger charge is -2.10. The number of hydrogen-bond donors (Lipinski definition) is 0. The first kappa shape index (κ1) is 18.6. The van der Waals surface area contributed by atoms with Crippen LogP contribution in [0.3, 0.4) is 0 Å². The quantitative estimate of drug-likeness (QED) is 0.383. The zero-order chi connectivity index (χ0) is 19.6. The summed E-state index contributed by atoms with van der Waals surface area (Å²) >= 11 is 1.31. The van der Waals surface area contributed by atoms with Gasteiger partial charge in [-0.1, -0.05) is 60.3 Å². The Balaban J connectivity index is 1.78. The average molecular weight is 412 g/mol. The summed E-state index contributed by atoms with van der Waals surface area (Å²) in [5.74, 6) is 0.519. The number of nitrogens with zero attached hydrogens (tertiary/aromatic N) is 1. The van der Waals surface area contributed by atoms with Crippen LogP contribution in [0.1, 0.15) is 17.7 Å². The Kier molecular flexibility index (Phi) is 5.11. The van der Waals surface area contributed by atoms with Crippen LogP contribution in [0.2, 0.25) is 0 Å². The maximum atomic E-state index is 13.2. The van der Waals surface area contributed by atoms with Gasteiger partial charge in [-0.05, 0) is 36.8 Å². The van der Waals surface area contributed by atoms with Gasteiger partial charge in [0.25, 0.3) is 5.89 Å². The molecule has 2 aromatic heterocycles. The Hall–Kier alpha value is -2.77. The van der Waals surface area contributed by atoms with Gasteiger partial charge in [0.1, 0.15) is 0 Å². The summed E-state index contributed by atoms with van der Waals surface area (Å²) < 4.78 is 37.6. The molecule has 0 aliphatic rings. The van der Waals surface area contributed by atoms with Gasteiger partial charge >= 0.3 is 0 Å². The van der Waals surface area contributed by atoms with Crippen LogP contribution in [0.4, 0.5) is 0 Å².